The monoisotopic (exact) mass is 342 g/mol. The summed E-state index contributed by atoms with van der Waals surface area (Å²) in [5, 5.41) is 9.93. The van der Waals surface area contributed by atoms with Crippen molar-refractivity contribution in [1.82, 2.24) is 0 Å². The number of nitrogens with zero attached hydrogens (tertiary/aromatic N) is 2. The van der Waals surface area contributed by atoms with Gasteiger partial charge in [0, 0.05) is 16.8 Å². The molecule has 1 atom stereocenters. The highest BCUT2D eigenvalue weighted by Crippen LogP contribution is 2.33. The summed E-state index contributed by atoms with van der Waals surface area (Å²) in [6.07, 6.45) is 0. The number of methoxy groups -OCH3 is 1. The Morgan fingerprint density at radius 1 is 0.923 bits per heavy atom. The number of ether oxygens (including phenoxy) is 1. The second-order valence-electron chi connectivity index (χ2n) is 5.65. The third-order valence-electron chi connectivity index (χ3n) is 4.09. The number of nitriles is 1. The molecule has 4 nitrogen and oxygen atoms in total. The zero-order valence-corrected chi connectivity index (χ0v) is 14.4. The molecule has 0 radical (unpaired) electrons. The Kier molecular flexibility index (Phi) is 5.31. The van der Waals surface area contributed by atoms with Gasteiger partial charge in [-0.15, -0.1) is 0 Å². The first-order valence-electron chi connectivity index (χ1n) is 8.22. The van der Waals surface area contributed by atoms with Gasteiger partial charge in [-0.05, 0) is 30.3 Å². The average molecular weight is 342 g/mol. The fraction of sp³-hybridized carbons (Fsp3) is 0.0909. The third-order valence-corrected chi connectivity index (χ3v) is 4.09. The van der Waals surface area contributed by atoms with E-state index >= 15 is 0 Å². The summed E-state index contributed by atoms with van der Waals surface area (Å²) in [6, 6.07) is 26.9. The molecule has 0 aliphatic heterocycles. The largest absolute Gasteiger partial charge is 0.496 e. The SMILES string of the molecule is COc1ccccc1C(C#N)N(C(=O)c1ccccc1)c1ccccc1. The molecule has 1 unspecified atom stereocenters. The average Bonchev–Trinajstić information content (AvgIpc) is 2.72. The zero-order valence-electron chi connectivity index (χ0n) is 14.4. The standard InChI is InChI=1S/C22H18N2O2/c1-26-21-15-9-8-14-19(21)20(16-23)24(18-12-6-3-7-13-18)22(25)17-10-4-2-5-11-17/h2-15,20H,1H3. The first-order valence-corrected chi connectivity index (χ1v) is 8.22. The van der Waals surface area contributed by atoms with Gasteiger partial charge in [-0.1, -0.05) is 54.6 Å². The van der Waals surface area contributed by atoms with Crippen LogP contribution in [-0.2, 0) is 0 Å². The van der Waals surface area contributed by atoms with Gasteiger partial charge in [0.2, 0.25) is 0 Å². The van der Waals surface area contributed by atoms with E-state index in [1.165, 1.54) is 4.90 Å². The van der Waals surface area contributed by atoms with Crippen LogP contribution >= 0.6 is 0 Å². The summed E-state index contributed by atoms with van der Waals surface area (Å²) in [5.74, 6) is 0.329. The summed E-state index contributed by atoms with van der Waals surface area (Å²) in [5.41, 5.74) is 1.82. The highest BCUT2D eigenvalue weighted by Gasteiger charge is 2.29. The second kappa shape index (κ2) is 8.00. The molecule has 0 aliphatic rings. The predicted octanol–water partition coefficient (Wildman–Crippen LogP) is 4.61. The van der Waals surface area contributed by atoms with E-state index < -0.39 is 6.04 Å². The molecule has 0 aliphatic carbocycles. The van der Waals surface area contributed by atoms with Crippen molar-refractivity contribution in [2.45, 2.75) is 6.04 Å². The van der Waals surface area contributed by atoms with Crippen LogP contribution in [0.15, 0.2) is 84.9 Å². The van der Waals surface area contributed by atoms with Crippen molar-refractivity contribution in [2.75, 3.05) is 12.0 Å². The van der Waals surface area contributed by atoms with Crippen molar-refractivity contribution in [3.05, 3.63) is 96.1 Å². The van der Waals surface area contributed by atoms with Crippen molar-refractivity contribution in [2.24, 2.45) is 0 Å². The smallest absolute Gasteiger partial charge is 0.259 e. The van der Waals surface area contributed by atoms with Gasteiger partial charge in [0.25, 0.3) is 5.91 Å². The maximum absolute atomic E-state index is 13.3. The van der Waals surface area contributed by atoms with Crippen molar-refractivity contribution in [3.8, 4) is 11.8 Å². The summed E-state index contributed by atoms with van der Waals surface area (Å²) < 4.78 is 5.41. The normalized spacial score (nSPS) is 11.2. The molecule has 0 aromatic heterocycles. The fourth-order valence-corrected chi connectivity index (χ4v) is 2.85. The van der Waals surface area contributed by atoms with Gasteiger partial charge in [-0.2, -0.15) is 5.26 Å². The van der Waals surface area contributed by atoms with Gasteiger partial charge >= 0.3 is 0 Å². The lowest BCUT2D eigenvalue weighted by Gasteiger charge is -2.28. The van der Waals surface area contributed by atoms with Crippen LogP contribution in [0.1, 0.15) is 22.0 Å². The number of hydrogen-bond donors (Lipinski definition) is 0. The van der Waals surface area contributed by atoms with Crippen molar-refractivity contribution in [3.63, 3.8) is 0 Å². The minimum atomic E-state index is -0.818. The molecule has 128 valence electrons. The number of hydrogen-bond acceptors (Lipinski definition) is 3. The van der Waals surface area contributed by atoms with Crippen LogP contribution < -0.4 is 9.64 Å². The molecule has 0 bridgehead atoms. The maximum atomic E-state index is 13.3. The van der Waals surface area contributed by atoms with E-state index in [1.54, 1.807) is 43.5 Å². The van der Waals surface area contributed by atoms with E-state index in [0.29, 0.717) is 22.6 Å². The molecule has 26 heavy (non-hydrogen) atoms. The van der Waals surface area contributed by atoms with E-state index in [2.05, 4.69) is 6.07 Å². The Balaban J connectivity index is 2.13. The lowest BCUT2D eigenvalue weighted by atomic mass is 10.0. The number of carbonyl (C=O) groups is 1. The molecule has 0 saturated carbocycles. The minimum Gasteiger partial charge on any atom is -0.496 e. The van der Waals surface area contributed by atoms with E-state index in [-0.39, 0.29) is 5.91 Å². The Hall–Kier alpha value is -3.58. The molecule has 3 aromatic rings. The van der Waals surface area contributed by atoms with Gasteiger partial charge in [0.05, 0.1) is 13.2 Å². The number of carbonyl (C=O) groups excluding carboxylic acids is 1. The molecule has 3 rings (SSSR count). The Labute approximate surface area is 152 Å². The van der Waals surface area contributed by atoms with Crippen LogP contribution in [0, 0.1) is 11.3 Å². The highest BCUT2D eigenvalue weighted by atomic mass is 16.5. The van der Waals surface area contributed by atoms with Crippen LogP contribution in [0.25, 0.3) is 0 Å². The topological polar surface area (TPSA) is 53.3 Å². The predicted molar refractivity (Wildman–Crippen MR) is 101 cm³/mol. The van der Waals surface area contributed by atoms with Gasteiger partial charge < -0.3 is 4.74 Å². The Morgan fingerprint density at radius 2 is 1.50 bits per heavy atom. The molecule has 0 spiro atoms. The molecular formula is C22H18N2O2. The highest BCUT2D eigenvalue weighted by molar-refractivity contribution is 6.07. The number of para-hydroxylation sites is 2. The fourth-order valence-electron chi connectivity index (χ4n) is 2.85. The summed E-state index contributed by atoms with van der Waals surface area (Å²) in [4.78, 5) is 14.8. The molecule has 4 heteroatoms. The Bertz CT molecular complexity index is 918. The van der Waals surface area contributed by atoms with Crippen molar-refractivity contribution >= 4 is 11.6 Å². The van der Waals surface area contributed by atoms with Crippen molar-refractivity contribution in [1.29, 1.82) is 5.26 Å². The van der Waals surface area contributed by atoms with Gasteiger partial charge in [0.1, 0.15) is 5.75 Å². The maximum Gasteiger partial charge on any atom is 0.259 e. The number of rotatable bonds is 5. The number of amides is 1. The lowest BCUT2D eigenvalue weighted by molar-refractivity contribution is 0.0981. The van der Waals surface area contributed by atoms with E-state index in [1.807, 2.05) is 48.5 Å². The second-order valence-corrected chi connectivity index (χ2v) is 5.65. The van der Waals surface area contributed by atoms with Crippen LogP contribution in [0.4, 0.5) is 5.69 Å². The van der Waals surface area contributed by atoms with Gasteiger partial charge in [-0.3, -0.25) is 9.69 Å². The quantitative estimate of drug-likeness (QED) is 0.680. The molecule has 0 heterocycles. The van der Waals surface area contributed by atoms with Crippen LogP contribution in [0.3, 0.4) is 0 Å². The summed E-state index contributed by atoms with van der Waals surface area (Å²) in [6.45, 7) is 0. The molecule has 0 N–H and O–H groups in total. The van der Waals surface area contributed by atoms with Gasteiger partial charge in [-0.25, -0.2) is 0 Å². The molecule has 0 saturated heterocycles. The van der Waals surface area contributed by atoms with Crippen LogP contribution in [0.5, 0.6) is 5.75 Å². The first-order chi connectivity index (χ1) is 12.8. The minimum absolute atomic E-state index is 0.241. The third kappa shape index (κ3) is 3.42. The Morgan fingerprint density at radius 3 is 2.12 bits per heavy atom. The molecule has 0 fully saturated rings. The van der Waals surface area contributed by atoms with E-state index in [9.17, 15) is 10.1 Å². The van der Waals surface area contributed by atoms with Crippen molar-refractivity contribution < 1.29 is 9.53 Å². The van der Waals surface area contributed by atoms with Gasteiger partial charge in [0.15, 0.2) is 6.04 Å². The summed E-state index contributed by atoms with van der Waals surface area (Å²) >= 11 is 0. The van der Waals surface area contributed by atoms with E-state index in [4.69, 9.17) is 4.74 Å². The number of benzene rings is 3. The zero-order chi connectivity index (χ0) is 18.4. The van der Waals surface area contributed by atoms with Crippen LogP contribution in [0.2, 0.25) is 0 Å². The van der Waals surface area contributed by atoms with Crippen LogP contribution in [-0.4, -0.2) is 13.0 Å². The molecule has 3 aromatic carbocycles. The first kappa shape index (κ1) is 17.2. The van der Waals surface area contributed by atoms with E-state index in [0.717, 1.165) is 0 Å². The number of anilines is 1. The lowest BCUT2D eigenvalue weighted by Crippen LogP contribution is -2.34. The molecular weight excluding hydrogens is 324 g/mol. The molecule has 1 amide bonds. The summed E-state index contributed by atoms with van der Waals surface area (Å²) in [7, 11) is 1.55.